The van der Waals surface area contributed by atoms with Crippen molar-refractivity contribution in [3.63, 3.8) is 0 Å². The van der Waals surface area contributed by atoms with Crippen molar-refractivity contribution >= 4 is 103 Å². The third-order valence-corrected chi connectivity index (χ3v) is 24.0. The molecule has 12 rings (SSSR count). The SMILES string of the molecule is CCN1C(=CC=CC2=Nc3c(ccc[n+]3CCCC(=O)NCCCN(C)CCCN3C(=O)c4ccc5c6c(ccc(c46)C3=O)C(=O)N(CCCN(C)CCCNC(=O)CCC[n+]3cccc4c3N=C(C=CC=C3N(CC)c6ccc(S(=O)(=O)O)cc6C3(C)C)C4(C)C)C5=O)C2(C)C)C(C)(C)c2cc(SOOO)ccc21. The van der Waals surface area contributed by atoms with Crippen LogP contribution in [-0.4, -0.2) is 164 Å². The minimum Gasteiger partial charge on any atom is -0.356 e. The highest BCUT2D eigenvalue weighted by Crippen LogP contribution is 2.51. The summed E-state index contributed by atoms with van der Waals surface area (Å²) in [6.07, 6.45) is 20.8. The van der Waals surface area contributed by atoms with Crippen LogP contribution in [0.5, 0.6) is 0 Å². The third-order valence-electron chi connectivity index (χ3n) is 22.6. The van der Waals surface area contributed by atoms with E-state index in [0.29, 0.717) is 121 Å². The maximum Gasteiger partial charge on any atom is 0.327 e. The number of nitrogens with one attached hydrogen (secondary N) is 2. The molecule has 580 valence electrons. The highest BCUT2D eigenvalue weighted by Gasteiger charge is 2.46. The van der Waals surface area contributed by atoms with Crippen molar-refractivity contribution in [3.05, 3.63) is 190 Å². The molecule has 8 heterocycles. The monoisotopic (exact) mass is 1530 g/mol. The zero-order valence-corrected chi connectivity index (χ0v) is 66.7. The minimum absolute atomic E-state index is 0.0229. The van der Waals surface area contributed by atoms with Crippen LogP contribution in [0.1, 0.15) is 184 Å². The predicted octanol–water partition coefficient (Wildman–Crippen LogP) is 12.1. The van der Waals surface area contributed by atoms with Gasteiger partial charge in [0.1, 0.15) is 0 Å². The number of anilines is 2. The first kappa shape index (κ1) is 80.1. The zero-order chi connectivity index (χ0) is 78.8. The second-order valence-corrected chi connectivity index (χ2v) is 33.5. The number of carbonyl (C=O) groups excluding carboxylic acids is 6. The number of hydrogen-bond donors (Lipinski definition) is 4. The summed E-state index contributed by atoms with van der Waals surface area (Å²) in [5.41, 5.74) is 9.74. The number of likely N-dealkylation sites (N-methyl/N-ethyl adjacent to an activating group) is 2. The van der Waals surface area contributed by atoms with Gasteiger partial charge < -0.3 is 30.2 Å². The van der Waals surface area contributed by atoms with Gasteiger partial charge in [-0.1, -0.05) is 44.9 Å². The van der Waals surface area contributed by atoms with Crippen molar-refractivity contribution in [1.82, 2.24) is 30.2 Å². The van der Waals surface area contributed by atoms with Gasteiger partial charge in [-0.05, 0) is 251 Å². The number of aromatic nitrogens is 2. The largest absolute Gasteiger partial charge is 0.356 e. The molecular weight excluding hydrogens is 1430 g/mol. The Bertz CT molecular complexity index is 4870. The number of rotatable bonds is 34. The van der Waals surface area contributed by atoms with Crippen LogP contribution >= 0.6 is 12.0 Å². The van der Waals surface area contributed by atoms with Crippen LogP contribution in [0, 0.1) is 0 Å². The summed E-state index contributed by atoms with van der Waals surface area (Å²) in [5.74, 6) is -0.193. The van der Waals surface area contributed by atoms with E-state index in [2.05, 4.69) is 135 Å². The number of nitrogens with zero attached hydrogens (tertiary/aromatic N) is 10. The summed E-state index contributed by atoms with van der Waals surface area (Å²) in [6.45, 7) is 27.9. The number of pyridine rings is 2. The Labute approximate surface area is 649 Å². The summed E-state index contributed by atoms with van der Waals surface area (Å²) in [4.78, 5) is 105. The molecule has 0 saturated heterocycles. The van der Waals surface area contributed by atoms with Gasteiger partial charge in [-0.2, -0.15) is 8.42 Å². The van der Waals surface area contributed by atoms with E-state index in [4.69, 9.17) is 19.6 Å². The normalized spacial score (nSPS) is 17.8. The molecule has 6 aliphatic heterocycles. The summed E-state index contributed by atoms with van der Waals surface area (Å²) < 4.78 is 42.7. The summed E-state index contributed by atoms with van der Waals surface area (Å²) >= 11 is 0.949. The van der Waals surface area contributed by atoms with Crippen molar-refractivity contribution in [2.24, 2.45) is 9.98 Å². The Kier molecular flexibility index (Phi) is 24.0. The number of hydrogen-bond acceptors (Lipinski definition) is 18. The molecule has 4 aromatic carbocycles. The van der Waals surface area contributed by atoms with Crippen molar-refractivity contribution in [3.8, 4) is 0 Å². The molecule has 24 nitrogen and oxygen atoms in total. The first-order valence-electron chi connectivity index (χ1n) is 38.1. The van der Waals surface area contributed by atoms with Gasteiger partial charge in [0.05, 0.1) is 64.4 Å². The fourth-order valence-corrected chi connectivity index (χ4v) is 17.3. The Balaban J connectivity index is 0.540. The maximum atomic E-state index is 14.1. The molecule has 0 atom stereocenters. The summed E-state index contributed by atoms with van der Waals surface area (Å²) in [6, 6.07) is 25.5. The summed E-state index contributed by atoms with van der Waals surface area (Å²) in [5, 5.41) is 19.3. The number of allylic oxidation sites excluding steroid dienone is 8. The molecule has 0 saturated carbocycles. The number of aliphatic imine (C=N–C) groups is 2. The number of carbonyl (C=O) groups is 6. The standard InChI is InChI=1S/C84H100N12O12S2/c1-13-93-65-39-33-55(109-108-107-103)53-63(65)83(7,8)69(93)29-15-27-67-81(3,4)61-25-17-47-91(75(61)87-67)49-19-31-71(97)85-41-21-43-89(11)45-23-51-95-77(99)57-35-37-59-74-60(38-36-58(73(57)74)78(95)100)80(102)96(79(59)101)52-24-46-90(12)44-22-42-86-72(98)32-20-50-92-48-18-26-62-76(92)88-68(82(62,5)6)28-16-30-70-84(9,10)64-54-56(110(104,105)106)34-40-66(64)94(70)14-2/h15-18,25-30,33-40,47-48,53-54H,13-14,19-24,31-32,41-46,49-52H2,1-12H3,(H2-2,85,86,97,98,103,104,105,106)/p+2. The van der Waals surface area contributed by atoms with E-state index in [9.17, 15) is 41.7 Å². The van der Waals surface area contributed by atoms with E-state index in [0.717, 1.165) is 91.6 Å². The molecular formula is C84H102N12O12S2+2. The molecule has 2 aromatic heterocycles. The van der Waals surface area contributed by atoms with E-state index >= 15 is 0 Å². The smallest absolute Gasteiger partial charge is 0.327 e. The van der Waals surface area contributed by atoms with E-state index in [1.54, 1.807) is 36.4 Å². The molecule has 6 aliphatic rings. The van der Waals surface area contributed by atoms with Crippen LogP contribution in [-0.2, 0) is 63.8 Å². The Morgan fingerprint density at radius 3 is 1.36 bits per heavy atom. The van der Waals surface area contributed by atoms with E-state index in [-0.39, 0.29) is 68.3 Å². The van der Waals surface area contributed by atoms with E-state index in [1.165, 1.54) is 15.9 Å². The van der Waals surface area contributed by atoms with Crippen molar-refractivity contribution < 1.29 is 65.5 Å². The van der Waals surface area contributed by atoms with Gasteiger partial charge in [0.15, 0.2) is 11.4 Å². The fraction of sp³-hybridized carbons (Fsp3) is 0.429. The number of imide groups is 2. The number of amides is 6. The molecule has 0 radical (unpaired) electrons. The second kappa shape index (κ2) is 32.9. The Morgan fingerprint density at radius 1 is 0.545 bits per heavy atom. The molecule has 0 unspecified atom stereocenters. The van der Waals surface area contributed by atoms with Crippen LogP contribution < -0.4 is 29.6 Å². The lowest BCUT2D eigenvalue weighted by molar-refractivity contribution is -0.684. The molecule has 0 spiro atoms. The van der Waals surface area contributed by atoms with E-state index in [1.807, 2.05) is 83.7 Å². The Morgan fingerprint density at radius 2 is 0.955 bits per heavy atom. The first-order chi connectivity index (χ1) is 52.4. The average Bonchev–Trinajstić information content (AvgIpc) is 1.19. The van der Waals surface area contributed by atoms with Crippen molar-refractivity contribution in [1.29, 1.82) is 0 Å². The van der Waals surface area contributed by atoms with Crippen LogP contribution in [0.4, 0.5) is 23.0 Å². The highest BCUT2D eigenvalue weighted by atomic mass is 32.2. The lowest BCUT2D eigenvalue weighted by Crippen LogP contribution is -2.44. The van der Waals surface area contributed by atoms with Gasteiger partial charge in [0.25, 0.3) is 33.7 Å². The van der Waals surface area contributed by atoms with Gasteiger partial charge in [0.2, 0.25) is 11.8 Å². The minimum atomic E-state index is -4.36. The van der Waals surface area contributed by atoms with Crippen LogP contribution in [0.2, 0.25) is 0 Å². The molecule has 6 amide bonds. The molecule has 26 heteroatoms. The molecule has 110 heavy (non-hydrogen) atoms. The summed E-state index contributed by atoms with van der Waals surface area (Å²) in [7, 11) is -0.426. The highest BCUT2D eigenvalue weighted by molar-refractivity contribution is 7.94. The topological polar surface area (TPSA) is 271 Å². The number of fused-ring (bicyclic) bond motifs is 4. The zero-order valence-electron chi connectivity index (χ0n) is 65.1. The molecule has 0 bridgehead atoms. The molecule has 0 aliphatic carbocycles. The molecule has 4 N–H and O–H groups in total. The second-order valence-electron chi connectivity index (χ2n) is 31.3. The van der Waals surface area contributed by atoms with Gasteiger partial charge in [-0.25, -0.2) is 14.4 Å². The van der Waals surface area contributed by atoms with Gasteiger partial charge >= 0.3 is 11.6 Å². The van der Waals surface area contributed by atoms with Crippen LogP contribution in [0.15, 0.2) is 165 Å². The van der Waals surface area contributed by atoms with Gasteiger partial charge in [-0.15, -0.1) is 4.33 Å². The lowest BCUT2D eigenvalue weighted by atomic mass is 9.81. The first-order valence-corrected chi connectivity index (χ1v) is 40.3. The fourth-order valence-electron chi connectivity index (χ4n) is 16.4. The quantitative estimate of drug-likeness (QED) is 0.00556. The van der Waals surface area contributed by atoms with Gasteiger partial charge in [-0.3, -0.25) is 43.1 Å². The average molecular weight is 1540 g/mol. The van der Waals surface area contributed by atoms with Crippen LogP contribution in [0.3, 0.4) is 0 Å². The van der Waals surface area contributed by atoms with Crippen LogP contribution in [0.25, 0.3) is 10.8 Å². The van der Waals surface area contributed by atoms with E-state index < -0.39 is 39.2 Å². The predicted molar refractivity (Wildman–Crippen MR) is 426 cm³/mol. The number of aryl methyl sites for hydroxylation is 2. The maximum absolute atomic E-state index is 14.1. The third kappa shape index (κ3) is 16.0. The van der Waals surface area contributed by atoms with Crippen molar-refractivity contribution in [2.75, 3.05) is 89.3 Å². The molecule has 6 aromatic rings. The molecule has 0 fully saturated rings. The number of benzene rings is 4. The lowest BCUT2D eigenvalue weighted by Gasteiger charge is -2.32. The Hall–Kier alpha value is -9.38. The van der Waals surface area contributed by atoms with Gasteiger partial charge in [0, 0.05) is 124 Å². The van der Waals surface area contributed by atoms with Crippen molar-refractivity contribution in [2.45, 2.75) is 165 Å².